The number of halogens is 1. The van der Waals surface area contributed by atoms with E-state index >= 15 is 0 Å². The largest absolute Gasteiger partial charge is 0.497 e. The fourth-order valence-corrected chi connectivity index (χ4v) is 2.26. The van der Waals surface area contributed by atoms with Gasteiger partial charge < -0.3 is 20.1 Å². The Labute approximate surface area is 151 Å². The number of carbonyl (C=O) groups is 2. The molecule has 2 N–H and O–H groups in total. The molecule has 0 bridgehead atoms. The van der Waals surface area contributed by atoms with Crippen LogP contribution in [0.4, 0.5) is 0 Å². The number of nitrogens with one attached hydrogen (secondary N) is 2. The van der Waals surface area contributed by atoms with Gasteiger partial charge >= 0.3 is 0 Å². The quantitative estimate of drug-likeness (QED) is 0.742. The number of hydrogen-bond donors (Lipinski definition) is 2. The molecule has 6 nitrogen and oxygen atoms in total. The van der Waals surface area contributed by atoms with E-state index in [0.717, 1.165) is 0 Å². The molecule has 0 atom stereocenters. The van der Waals surface area contributed by atoms with Crippen molar-refractivity contribution < 1.29 is 19.1 Å². The van der Waals surface area contributed by atoms with Crippen molar-refractivity contribution in [1.82, 2.24) is 10.6 Å². The summed E-state index contributed by atoms with van der Waals surface area (Å²) in [5.74, 6) is 0.499. The first-order valence-electron chi connectivity index (χ1n) is 7.59. The highest BCUT2D eigenvalue weighted by atomic mass is 35.5. The van der Waals surface area contributed by atoms with Gasteiger partial charge in [-0.1, -0.05) is 11.6 Å². The highest BCUT2D eigenvalue weighted by molar-refractivity contribution is 6.30. The predicted octanol–water partition coefficient (Wildman–Crippen LogP) is 2.52. The maximum Gasteiger partial charge on any atom is 0.255 e. The van der Waals surface area contributed by atoms with Crippen LogP contribution in [0.15, 0.2) is 42.5 Å². The van der Waals surface area contributed by atoms with Crippen molar-refractivity contribution in [2.24, 2.45) is 0 Å². The van der Waals surface area contributed by atoms with Crippen molar-refractivity contribution in [3.05, 3.63) is 58.6 Å². The molecule has 0 aliphatic carbocycles. The molecule has 2 rings (SSSR count). The van der Waals surface area contributed by atoms with Crippen LogP contribution < -0.4 is 20.1 Å². The van der Waals surface area contributed by atoms with Crippen molar-refractivity contribution in [2.45, 2.75) is 0 Å². The van der Waals surface area contributed by atoms with Gasteiger partial charge in [0.25, 0.3) is 11.8 Å². The summed E-state index contributed by atoms with van der Waals surface area (Å²) in [5, 5.41) is 6.02. The number of carbonyl (C=O) groups excluding carboxylic acids is 2. The molecule has 2 amide bonds. The van der Waals surface area contributed by atoms with Crippen LogP contribution in [0.5, 0.6) is 11.5 Å². The molecular weight excluding hydrogens is 344 g/mol. The lowest BCUT2D eigenvalue weighted by Gasteiger charge is -2.11. The first kappa shape index (κ1) is 18.6. The molecule has 2 aromatic carbocycles. The van der Waals surface area contributed by atoms with Crippen LogP contribution in [0.2, 0.25) is 5.02 Å². The third-order valence-corrected chi connectivity index (χ3v) is 3.71. The summed E-state index contributed by atoms with van der Waals surface area (Å²) in [7, 11) is 3.02. The normalized spacial score (nSPS) is 10.0. The Morgan fingerprint density at radius 3 is 2.16 bits per heavy atom. The summed E-state index contributed by atoms with van der Waals surface area (Å²) in [4.78, 5) is 24.2. The lowest BCUT2D eigenvalue weighted by atomic mass is 10.1. The van der Waals surface area contributed by atoms with E-state index in [0.29, 0.717) is 34.2 Å². The van der Waals surface area contributed by atoms with Crippen LogP contribution in [-0.2, 0) is 0 Å². The van der Waals surface area contributed by atoms with Gasteiger partial charge in [0.1, 0.15) is 11.5 Å². The molecule has 2 aromatic rings. The zero-order valence-corrected chi connectivity index (χ0v) is 14.7. The van der Waals surface area contributed by atoms with E-state index in [1.807, 2.05) is 0 Å². The Kier molecular flexibility index (Phi) is 6.65. The maximum atomic E-state index is 12.2. The summed E-state index contributed by atoms with van der Waals surface area (Å²) in [6, 6.07) is 11.5. The zero-order valence-electron chi connectivity index (χ0n) is 14.0. The van der Waals surface area contributed by atoms with Crippen molar-refractivity contribution in [2.75, 3.05) is 27.3 Å². The van der Waals surface area contributed by atoms with Crippen LogP contribution in [0.3, 0.4) is 0 Å². The van der Waals surface area contributed by atoms with Crippen LogP contribution in [0, 0.1) is 0 Å². The van der Waals surface area contributed by atoms with Gasteiger partial charge in [0, 0.05) is 29.7 Å². The molecule has 132 valence electrons. The summed E-state index contributed by atoms with van der Waals surface area (Å²) < 4.78 is 10.3. The second kappa shape index (κ2) is 8.94. The van der Waals surface area contributed by atoms with Gasteiger partial charge in [-0.05, 0) is 36.4 Å². The molecule has 0 heterocycles. The van der Waals surface area contributed by atoms with E-state index < -0.39 is 0 Å². The molecule has 0 aliphatic heterocycles. The number of hydrogen-bond acceptors (Lipinski definition) is 4. The number of amides is 2. The SMILES string of the molecule is COc1ccc(C(=O)NCCNC(=O)c2ccc(Cl)cc2)c(OC)c1. The van der Waals surface area contributed by atoms with Gasteiger partial charge in [-0.15, -0.1) is 0 Å². The fourth-order valence-electron chi connectivity index (χ4n) is 2.14. The summed E-state index contributed by atoms with van der Waals surface area (Å²) in [6.07, 6.45) is 0. The van der Waals surface area contributed by atoms with E-state index in [2.05, 4.69) is 10.6 Å². The Morgan fingerprint density at radius 2 is 1.56 bits per heavy atom. The Hall–Kier alpha value is -2.73. The van der Waals surface area contributed by atoms with Crippen molar-refractivity contribution in [1.29, 1.82) is 0 Å². The lowest BCUT2D eigenvalue weighted by Crippen LogP contribution is -2.34. The van der Waals surface area contributed by atoms with Gasteiger partial charge in [-0.25, -0.2) is 0 Å². The monoisotopic (exact) mass is 362 g/mol. The minimum absolute atomic E-state index is 0.229. The molecule has 25 heavy (non-hydrogen) atoms. The standard InChI is InChI=1S/C18H19ClN2O4/c1-24-14-7-8-15(16(11-14)25-2)18(23)21-10-9-20-17(22)12-3-5-13(19)6-4-12/h3-8,11H,9-10H2,1-2H3,(H,20,22)(H,21,23). The van der Waals surface area contributed by atoms with Crippen LogP contribution in [0.25, 0.3) is 0 Å². The molecule has 0 spiro atoms. The number of methoxy groups -OCH3 is 2. The smallest absolute Gasteiger partial charge is 0.255 e. The Bertz CT molecular complexity index is 747. The molecule has 7 heteroatoms. The zero-order chi connectivity index (χ0) is 18.2. The number of benzene rings is 2. The first-order valence-corrected chi connectivity index (χ1v) is 7.97. The molecule has 0 unspecified atom stereocenters. The first-order chi connectivity index (χ1) is 12.0. The molecular formula is C18H19ClN2O4. The highest BCUT2D eigenvalue weighted by Crippen LogP contribution is 2.24. The van der Waals surface area contributed by atoms with E-state index in [-0.39, 0.29) is 18.4 Å². The van der Waals surface area contributed by atoms with Gasteiger partial charge in [-0.2, -0.15) is 0 Å². The number of rotatable bonds is 7. The molecule has 0 saturated heterocycles. The summed E-state index contributed by atoms with van der Waals surface area (Å²) in [5.41, 5.74) is 0.903. The maximum absolute atomic E-state index is 12.2. The Morgan fingerprint density at radius 1 is 0.920 bits per heavy atom. The summed E-state index contributed by atoms with van der Waals surface area (Å²) >= 11 is 5.78. The predicted molar refractivity (Wildman–Crippen MR) is 95.7 cm³/mol. The van der Waals surface area contributed by atoms with Gasteiger partial charge in [0.15, 0.2) is 0 Å². The highest BCUT2D eigenvalue weighted by Gasteiger charge is 2.13. The molecule has 0 fully saturated rings. The molecule has 0 aliphatic rings. The fraction of sp³-hybridized carbons (Fsp3) is 0.222. The van der Waals surface area contributed by atoms with Crippen molar-refractivity contribution >= 4 is 23.4 Å². The molecule has 0 aromatic heterocycles. The van der Waals surface area contributed by atoms with Crippen molar-refractivity contribution in [3.63, 3.8) is 0 Å². The second-order valence-corrected chi connectivity index (χ2v) is 5.52. The summed E-state index contributed by atoms with van der Waals surface area (Å²) in [6.45, 7) is 0.582. The average Bonchev–Trinajstić information content (AvgIpc) is 2.64. The van der Waals surface area contributed by atoms with Gasteiger partial charge in [0.05, 0.1) is 19.8 Å². The molecule has 0 radical (unpaired) electrons. The van der Waals surface area contributed by atoms with E-state index in [1.54, 1.807) is 42.5 Å². The lowest BCUT2D eigenvalue weighted by molar-refractivity contribution is 0.0926. The van der Waals surface area contributed by atoms with Gasteiger partial charge in [0.2, 0.25) is 0 Å². The van der Waals surface area contributed by atoms with Crippen molar-refractivity contribution in [3.8, 4) is 11.5 Å². The minimum Gasteiger partial charge on any atom is -0.497 e. The number of ether oxygens (including phenoxy) is 2. The van der Waals surface area contributed by atoms with E-state index in [9.17, 15) is 9.59 Å². The Balaban J connectivity index is 1.84. The molecule has 0 saturated carbocycles. The van der Waals surface area contributed by atoms with Gasteiger partial charge in [-0.3, -0.25) is 9.59 Å². The topological polar surface area (TPSA) is 76.7 Å². The average molecular weight is 363 g/mol. The van der Waals surface area contributed by atoms with E-state index in [4.69, 9.17) is 21.1 Å². The third kappa shape index (κ3) is 5.12. The minimum atomic E-state index is -0.291. The van der Waals surface area contributed by atoms with Crippen LogP contribution in [-0.4, -0.2) is 39.1 Å². The third-order valence-electron chi connectivity index (χ3n) is 3.46. The van der Waals surface area contributed by atoms with E-state index in [1.165, 1.54) is 14.2 Å². The second-order valence-electron chi connectivity index (χ2n) is 5.08. The van der Waals surface area contributed by atoms with Crippen LogP contribution in [0.1, 0.15) is 20.7 Å². The van der Waals surface area contributed by atoms with Crippen LogP contribution >= 0.6 is 11.6 Å².